The number of hydrogen-bond donors (Lipinski definition) is 0. The molecule has 3 nitrogen and oxygen atoms in total. The first kappa shape index (κ1) is 14.2. The van der Waals surface area contributed by atoms with Crippen LogP contribution in [-0.2, 0) is 10.7 Å². The largest absolute Gasteiger partial charge is 0.301 e. The summed E-state index contributed by atoms with van der Waals surface area (Å²) in [6.07, 6.45) is 0.112. The van der Waals surface area contributed by atoms with Gasteiger partial charge in [-0.25, -0.2) is 9.37 Å². The van der Waals surface area contributed by atoms with Crippen molar-refractivity contribution >= 4 is 33.6 Å². The van der Waals surface area contributed by atoms with Gasteiger partial charge in [0.2, 0.25) is 6.19 Å². The molecule has 0 aromatic carbocycles. The highest BCUT2D eigenvalue weighted by Crippen LogP contribution is 2.24. The zero-order valence-corrected chi connectivity index (χ0v) is 10.6. The van der Waals surface area contributed by atoms with Crippen molar-refractivity contribution in [1.82, 2.24) is 4.98 Å². The van der Waals surface area contributed by atoms with Crippen molar-refractivity contribution in [1.29, 1.82) is 5.26 Å². The van der Waals surface area contributed by atoms with Gasteiger partial charge in [0.1, 0.15) is 4.34 Å². The average molecular weight is 300 g/mol. The molecular weight excluding hydrogens is 295 g/mol. The number of nitriles is 1. The van der Waals surface area contributed by atoms with E-state index < -0.39 is 29.0 Å². The molecule has 1 aromatic rings. The van der Waals surface area contributed by atoms with Gasteiger partial charge < -0.3 is 0 Å². The van der Waals surface area contributed by atoms with E-state index in [2.05, 4.69) is 9.35 Å². The summed E-state index contributed by atoms with van der Waals surface area (Å²) in [6.45, 7) is 0. The minimum atomic E-state index is -2.34. The number of hydrogen-bond acceptors (Lipinski definition) is 4. The Morgan fingerprint density at radius 3 is 2.76 bits per heavy atom. The van der Waals surface area contributed by atoms with Crippen LogP contribution in [0.25, 0.3) is 0 Å². The number of rotatable bonds is 4. The number of nitrogens with zero attached hydrogens (tertiary/aromatic N) is 3. The number of aromatic nitrogens is 1. The Kier molecular flexibility index (Phi) is 5.61. The molecule has 0 saturated carbocycles. The van der Waals surface area contributed by atoms with Crippen LogP contribution in [0.15, 0.2) is 26.8 Å². The molecule has 1 rings (SSSR count). The van der Waals surface area contributed by atoms with Crippen molar-refractivity contribution in [2.45, 2.75) is 10.8 Å². The Morgan fingerprint density at radius 2 is 2.29 bits per heavy atom. The molecule has 0 bridgehead atoms. The standard InChI is InChI=1S/C8H5ClF3N3S2/c9-6-3-14-8(16-6)17(15-4-13)2-1-5(10)7(11)12/h3H,1-2H2. The van der Waals surface area contributed by atoms with Crippen LogP contribution >= 0.6 is 22.9 Å². The summed E-state index contributed by atoms with van der Waals surface area (Å²) in [6, 6.07) is 0. The maximum absolute atomic E-state index is 12.6. The van der Waals surface area contributed by atoms with Gasteiger partial charge in [0, 0.05) is 12.2 Å². The molecule has 0 saturated heterocycles. The molecule has 0 aliphatic heterocycles. The maximum atomic E-state index is 12.6. The second-order valence-corrected chi connectivity index (χ2v) is 6.23. The zero-order chi connectivity index (χ0) is 12.8. The van der Waals surface area contributed by atoms with Crippen LogP contribution in [0.5, 0.6) is 0 Å². The van der Waals surface area contributed by atoms with E-state index in [4.69, 9.17) is 16.9 Å². The van der Waals surface area contributed by atoms with Gasteiger partial charge in [0.25, 0.3) is 0 Å². The highest BCUT2D eigenvalue weighted by molar-refractivity contribution is 7.89. The quantitative estimate of drug-likeness (QED) is 0.792. The predicted octanol–water partition coefficient (Wildman–Crippen LogP) is 3.91. The maximum Gasteiger partial charge on any atom is 0.301 e. The number of halogens is 4. The van der Waals surface area contributed by atoms with Crippen molar-refractivity contribution < 1.29 is 13.2 Å². The van der Waals surface area contributed by atoms with Crippen LogP contribution in [-0.4, -0.2) is 10.7 Å². The summed E-state index contributed by atoms with van der Waals surface area (Å²) >= 11 is 6.74. The molecule has 1 heterocycles. The highest BCUT2D eigenvalue weighted by atomic mass is 35.5. The molecule has 1 unspecified atom stereocenters. The third kappa shape index (κ3) is 4.46. The van der Waals surface area contributed by atoms with Gasteiger partial charge in [0.05, 0.1) is 6.20 Å². The highest BCUT2D eigenvalue weighted by Gasteiger charge is 2.11. The van der Waals surface area contributed by atoms with Gasteiger partial charge in [-0.15, -0.1) is 4.36 Å². The molecule has 0 radical (unpaired) electrons. The lowest BCUT2D eigenvalue weighted by Gasteiger charge is -2.00. The summed E-state index contributed by atoms with van der Waals surface area (Å²) in [7, 11) is -1.02. The fraction of sp³-hybridized carbons (Fsp3) is 0.250. The van der Waals surface area contributed by atoms with Crippen LogP contribution in [0.2, 0.25) is 4.34 Å². The lowest BCUT2D eigenvalue weighted by atomic mass is 10.4. The van der Waals surface area contributed by atoms with E-state index in [9.17, 15) is 13.2 Å². The Bertz CT molecular complexity index is 502. The minimum absolute atomic E-state index is 0.0272. The lowest BCUT2D eigenvalue weighted by Crippen LogP contribution is -1.98. The minimum Gasteiger partial charge on any atom is -0.236 e. The Hall–Kier alpha value is -0.910. The first-order valence-corrected chi connectivity index (χ1v) is 6.71. The second-order valence-electron chi connectivity index (χ2n) is 2.61. The number of thiazole rings is 1. The van der Waals surface area contributed by atoms with Gasteiger partial charge in [0.15, 0.2) is 10.2 Å². The van der Waals surface area contributed by atoms with Gasteiger partial charge in [-0.3, -0.25) is 0 Å². The van der Waals surface area contributed by atoms with Crippen LogP contribution < -0.4 is 0 Å². The molecule has 0 spiro atoms. The van der Waals surface area contributed by atoms with E-state index in [0.29, 0.717) is 8.68 Å². The van der Waals surface area contributed by atoms with Crippen LogP contribution in [0, 0.1) is 11.5 Å². The summed E-state index contributed by atoms with van der Waals surface area (Å²) in [5, 5.41) is 8.46. The van der Waals surface area contributed by atoms with Crippen molar-refractivity contribution in [3.05, 3.63) is 22.4 Å². The summed E-state index contributed by atoms with van der Waals surface area (Å²) in [5.74, 6) is -1.51. The third-order valence-corrected chi connectivity index (χ3v) is 4.67. The van der Waals surface area contributed by atoms with E-state index in [1.165, 1.54) is 6.20 Å². The average Bonchev–Trinajstić information content (AvgIpc) is 2.70. The second kappa shape index (κ2) is 6.74. The van der Waals surface area contributed by atoms with E-state index in [-0.39, 0.29) is 5.75 Å². The van der Waals surface area contributed by atoms with E-state index >= 15 is 0 Å². The summed E-state index contributed by atoms with van der Waals surface area (Å²) in [5.41, 5.74) is 0. The molecule has 92 valence electrons. The predicted molar refractivity (Wildman–Crippen MR) is 60.6 cm³/mol. The van der Waals surface area contributed by atoms with Crippen LogP contribution in [0.3, 0.4) is 0 Å². The van der Waals surface area contributed by atoms with Crippen LogP contribution in [0.4, 0.5) is 13.2 Å². The fourth-order valence-corrected chi connectivity index (χ4v) is 3.64. The Morgan fingerprint density at radius 1 is 1.59 bits per heavy atom. The van der Waals surface area contributed by atoms with Gasteiger partial charge in [-0.2, -0.15) is 14.0 Å². The first-order chi connectivity index (χ1) is 8.04. The molecular formula is C8H5ClF3N3S2. The van der Waals surface area contributed by atoms with Gasteiger partial charge >= 0.3 is 6.08 Å². The molecule has 1 aromatic heterocycles. The first-order valence-electron chi connectivity index (χ1n) is 4.16. The molecule has 17 heavy (non-hydrogen) atoms. The van der Waals surface area contributed by atoms with Crippen molar-refractivity contribution in [2.75, 3.05) is 5.75 Å². The molecule has 0 N–H and O–H groups in total. The molecule has 1 atom stereocenters. The molecule has 0 aliphatic rings. The monoisotopic (exact) mass is 299 g/mol. The van der Waals surface area contributed by atoms with Crippen molar-refractivity contribution in [3.63, 3.8) is 0 Å². The van der Waals surface area contributed by atoms with Crippen LogP contribution in [0.1, 0.15) is 6.42 Å². The molecule has 0 amide bonds. The molecule has 9 heteroatoms. The fourth-order valence-electron chi connectivity index (χ4n) is 0.851. The third-order valence-electron chi connectivity index (χ3n) is 1.53. The van der Waals surface area contributed by atoms with Gasteiger partial charge in [-0.05, 0) is 10.7 Å². The lowest BCUT2D eigenvalue weighted by molar-refractivity contribution is 0.373. The Balaban J connectivity index is 2.80. The van der Waals surface area contributed by atoms with Gasteiger partial charge in [-0.1, -0.05) is 22.9 Å². The molecule has 0 fully saturated rings. The van der Waals surface area contributed by atoms with E-state index in [0.717, 1.165) is 11.3 Å². The smallest absolute Gasteiger partial charge is 0.236 e. The molecule has 0 aliphatic carbocycles. The summed E-state index contributed by atoms with van der Waals surface area (Å²) < 4.78 is 40.7. The van der Waals surface area contributed by atoms with Crippen molar-refractivity contribution in [3.8, 4) is 6.19 Å². The zero-order valence-electron chi connectivity index (χ0n) is 8.16. The van der Waals surface area contributed by atoms with E-state index in [1.54, 1.807) is 6.19 Å². The van der Waals surface area contributed by atoms with Crippen molar-refractivity contribution in [2.24, 2.45) is 4.36 Å². The topological polar surface area (TPSA) is 49.0 Å². The van der Waals surface area contributed by atoms with E-state index in [1.807, 2.05) is 0 Å². The Labute approximate surface area is 107 Å². The SMILES string of the molecule is N#CN=S(CCC(F)=C(F)F)c1ncc(Cl)s1. The summed E-state index contributed by atoms with van der Waals surface area (Å²) in [4.78, 5) is 3.89. The number of allylic oxidation sites excluding steroid dienone is 1. The normalized spacial score (nSPS) is 12.2.